The number of carbonyl (C=O) groups excluding carboxylic acids is 1. The summed E-state index contributed by atoms with van der Waals surface area (Å²) >= 11 is 1.50. The molecule has 0 N–H and O–H groups in total. The maximum atomic E-state index is 12.1. The summed E-state index contributed by atoms with van der Waals surface area (Å²) in [4.78, 5) is 29.2. The van der Waals surface area contributed by atoms with Gasteiger partial charge in [0.25, 0.3) is 0 Å². The maximum Gasteiger partial charge on any atom is 0.311 e. The summed E-state index contributed by atoms with van der Waals surface area (Å²) in [6.07, 6.45) is 4.88. The van der Waals surface area contributed by atoms with Crippen molar-refractivity contribution in [2.24, 2.45) is 0 Å². The molecule has 1 aromatic carbocycles. The largest absolute Gasteiger partial charge is 0.490 e. The fraction of sp³-hybridized carbons (Fsp3) is 0.250. The van der Waals surface area contributed by atoms with Crippen LogP contribution >= 0.6 is 11.3 Å². The van der Waals surface area contributed by atoms with Crippen LogP contribution in [0.4, 0.5) is 5.69 Å². The molecule has 2 aromatic rings. The SMILES string of the molecule is COc1ccc(CN(C)C(=O)/C=C\c2cnc(C)s2)cc1[N+](=O)[O-]. The van der Waals surface area contributed by atoms with Crippen molar-refractivity contribution in [2.75, 3.05) is 14.2 Å². The Balaban J connectivity index is 2.07. The number of nitro groups is 1. The molecule has 0 fully saturated rings. The lowest BCUT2D eigenvalue weighted by Gasteiger charge is -2.15. The maximum absolute atomic E-state index is 12.1. The number of nitrogens with zero attached hydrogens (tertiary/aromatic N) is 3. The van der Waals surface area contributed by atoms with Gasteiger partial charge in [-0.2, -0.15) is 0 Å². The van der Waals surface area contributed by atoms with Gasteiger partial charge in [0.1, 0.15) is 0 Å². The molecule has 8 heteroatoms. The van der Waals surface area contributed by atoms with E-state index in [1.165, 1.54) is 41.6 Å². The van der Waals surface area contributed by atoms with Crippen molar-refractivity contribution < 1.29 is 14.5 Å². The lowest BCUT2D eigenvalue weighted by atomic mass is 10.1. The molecule has 0 aliphatic heterocycles. The van der Waals surface area contributed by atoms with Gasteiger partial charge in [-0.15, -0.1) is 11.3 Å². The first kappa shape index (κ1) is 17.6. The number of aromatic nitrogens is 1. The van der Waals surface area contributed by atoms with Gasteiger partial charge in [-0.25, -0.2) is 4.98 Å². The number of ether oxygens (including phenoxy) is 1. The van der Waals surface area contributed by atoms with Gasteiger partial charge in [0, 0.05) is 36.8 Å². The smallest absolute Gasteiger partial charge is 0.311 e. The zero-order valence-electron chi connectivity index (χ0n) is 13.6. The molecule has 0 bridgehead atoms. The first-order chi connectivity index (χ1) is 11.4. The number of methoxy groups -OCH3 is 1. The molecule has 0 aliphatic carbocycles. The molecule has 2 rings (SSSR count). The second-order valence-corrected chi connectivity index (χ2v) is 6.34. The molecule has 7 nitrogen and oxygen atoms in total. The van der Waals surface area contributed by atoms with E-state index in [0.717, 1.165) is 9.88 Å². The van der Waals surface area contributed by atoms with Crippen LogP contribution in [0.15, 0.2) is 30.5 Å². The fourth-order valence-electron chi connectivity index (χ4n) is 2.06. The third-order valence-corrected chi connectivity index (χ3v) is 4.14. The summed E-state index contributed by atoms with van der Waals surface area (Å²) in [5.41, 5.74) is 0.534. The van der Waals surface area contributed by atoms with Crippen LogP contribution in [0.25, 0.3) is 6.08 Å². The van der Waals surface area contributed by atoms with E-state index in [-0.39, 0.29) is 23.9 Å². The van der Waals surface area contributed by atoms with Gasteiger partial charge in [0.15, 0.2) is 5.75 Å². The van der Waals surface area contributed by atoms with E-state index in [1.807, 2.05) is 6.92 Å². The highest BCUT2D eigenvalue weighted by molar-refractivity contribution is 7.12. The molecular formula is C16H17N3O4S. The first-order valence-corrected chi connectivity index (χ1v) is 7.89. The van der Waals surface area contributed by atoms with Crippen LogP contribution in [-0.4, -0.2) is 34.9 Å². The minimum atomic E-state index is -0.504. The topological polar surface area (TPSA) is 85.6 Å². The Morgan fingerprint density at radius 1 is 1.50 bits per heavy atom. The van der Waals surface area contributed by atoms with Crippen molar-refractivity contribution in [3.05, 3.63) is 56.0 Å². The lowest BCUT2D eigenvalue weighted by Crippen LogP contribution is -2.24. The molecule has 126 valence electrons. The molecule has 0 saturated carbocycles. The fourth-order valence-corrected chi connectivity index (χ4v) is 2.75. The summed E-state index contributed by atoms with van der Waals surface area (Å²) in [7, 11) is 3.02. The van der Waals surface area contributed by atoms with Crippen molar-refractivity contribution in [2.45, 2.75) is 13.5 Å². The van der Waals surface area contributed by atoms with Crippen LogP contribution in [0.5, 0.6) is 5.75 Å². The van der Waals surface area contributed by atoms with Crippen LogP contribution in [-0.2, 0) is 11.3 Å². The Morgan fingerprint density at radius 3 is 2.83 bits per heavy atom. The molecule has 0 unspecified atom stereocenters. The minimum absolute atomic E-state index is 0.119. The number of hydrogen-bond donors (Lipinski definition) is 0. The molecule has 24 heavy (non-hydrogen) atoms. The summed E-state index contributed by atoms with van der Waals surface area (Å²) in [6.45, 7) is 2.16. The van der Waals surface area contributed by atoms with Crippen LogP contribution in [0.1, 0.15) is 15.4 Å². The minimum Gasteiger partial charge on any atom is -0.490 e. The molecule has 0 radical (unpaired) electrons. The molecule has 1 heterocycles. The van der Waals surface area contributed by atoms with E-state index in [4.69, 9.17) is 4.74 Å². The van der Waals surface area contributed by atoms with Gasteiger partial charge in [0.05, 0.1) is 17.0 Å². The Labute approximate surface area is 143 Å². The number of rotatable bonds is 6. The Kier molecular flexibility index (Phi) is 5.64. The first-order valence-electron chi connectivity index (χ1n) is 7.07. The predicted molar refractivity (Wildman–Crippen MR) is 92.0 cm³/mol. The van der Waals surface area contributed by atoms with Crippen molar-refractivity contribution >= 4 is 29.0 Å². The number of likely N-dealkylation sites (N-methyl/N-ethyl adjacent to an activating group) is 1. The van der Waals surface area contributed by atoms with Crippen molar-refractivity contribution in [3.63, 3.8) is 0 Å². The highest BCUT2D eigenvalue weighted by Gasteiger charge is 2.16. The normalized spacial score (nSPS) is 10.8. The number of thiazole rings is 1. The molecule has 0 saturated heterocycles. The van der Waals surface area contributed by atoms with Crippen LogP contribution < -0.4 is 4.74 Å². The van der Waals surface area contributed by atoms with Gasteiger partial charge in [0.2, 0.25) is 5.91 Å². The number of amides is 1. The van der Waals surface area contributed by atoms with Crippen molar-refractivity contribution in [1.29, 1.82) is 0 Å². The number of carbonyl (C=O) groups is 1. The Hall–Kier alpha value is -2.74. The van der Waals surface area contributed by atoms with E-state index in [1.54, 1.807) is 25.4 Å². The Morgan fingerprint density at radius 2 is 2.25 bits per heavy atom. The van der Waals surface area contributed by atoms with Crippen molar-refractivity contribution in [1.82, 2.24) is 9.88 Å². The van der Waals surface area contributed by atoms with Crippen LogP contribution in [0.2, 0.25) is 0 Å². The van der Waals surface area contributed by atoms with E-state index in [9.17, 15) is 14.9 Å². The van der Waals surface area contributed by atoms with Crippen molar-refractivity contribution in [3.8, 4) is 5.75 Å². The molecular weight excluding hydrogens is 330 g/mol. The third-order valence-electron chi connectivity index (χ3n) is 3.27. The third kappa shape index (κ3) is 4.39. The average Bonchev–Trinajstić information content (AvgIpc) is 2.97. The van der Waals surface area contributed by atoms with Crippen LogP contribution in [0, 0.1) is 17.0 Å². The standard InChI is InChI=1S/C16H17N3O4S/c1-11-17-9-13(24-11)5-7-16(20)18(2)10-12-4-6-15(23-3)14(8-12)19(21)22/h4-9H,10H2,1-3H3/b7-5-. The van der Waals surface area contributed by atoms with E-state index < -0.39 is 4.92 Å². The van der Waals surface area contributed by atoms with E-state index >= 15 is 0 Å². The number of benzene rings is 1. The predicted octanol–water partition coefficient (Wildman–Crippen LogP) is 3.04. The second-order valence-electron chi connectivity index (χ2n) is 5.07. The Bertz CT molecular complexity index is 785. The monoisotopic (exact) mass is 347 g/mol. The molecule has 0 atom stereocenters. The van der Waals surface area contributed by atoms with Crippen LogP contribution in [0.3, 0.4) is 0 Å². The van der Waals surface area contributed by atoms with Gasteiger partial charge >= 0.3 is 5.69 Å². The van der Waals surface area contributed by atoms with Gasteiger partial charge in [-0.1, -0.05) is 6.07 Å². The highest BCUT2D eigenvalue weighted by atomic mass is 32.1. The lowest BCUT2D eigenvalue weighted by molar-refractivity contribution is -0.385. The van der Waals surface area contributed by atoms with Gasteiger partial charge in [-0.05, 0) is 24.6 Å². The summed E-state index contributed by atoms with van der Waals surface area (Å²) < 4.78 is 4.97. The number of nitro benzene ring substituents is 1. The molecule has 0 aliphatic rings. The number of aryl methyl sites for hydroxylation is 1. The molecule has 1 amide bonds. The zero-order chi connectivity index (χ0) is 17.7. The van der Waals surface area contributed by atoms with Gasteiger partial charge < -0.3 is 9.64 Å². The van der Waals surface area contributed by atoms with Gasteiger partial charge in [-0.3, -0.25) is 14.9 Å². The number of hydrogen-bond acceptors (Lipinski definition) is 6. The average molecular weight is 347 g/mol. The van der Waals surface area contributed by atoms with E-state index in [0.29, 0.717) is 5.56 Å². The highest BCUT2D eigenvalue weighted by Crippen LogP contribution is 2.27. The molecule has 0 spiro atoms. The summed E-state index contributed by atoms with van der Waals surface area (Å²) in [5, 5.41) is 12.0. The molecule has 1 aromatic heterocycles. The summed E-state index contributed by atoms with van der Waals surface area (Å²) in [5.74, 6) is -0.00212. The second kappa shape index (κ2) is 7.69. The summed E-state index contributed by atoms with van der Waals surface area (Å²) in [6, 6.07) is 4.65. The van der Waals surface area contributed by atoms with E-state index in [2.05, 4.69) is 4.98 Å². The zero-order valence-corrected chi connectivity index (χ0v) is 14.4. The quantitative estimate of drug-likeness (QED) is 0.455.